The summed E-state index contributed by atoms with van der Waals surface area (Å²) in [6.07, 6.45) is 2.39. The first kappa shape index (κ1) is 14.6. The summed E-state index contributed by atoms with van der Waals surface area (Å²) in [5, 5.41) is 0. The maximum absolute atomic E-state index is 2.67. The van der Waals surface area contributed by atoms with E-state index in [4.69, 9.17) is 0 Å². The quantitative estimate of drug-likeness (QED) is 0.654. The van der Waals surface area contributed by atoms with Gasteiger partial charge in [-0.25, -0.2) is 0 Å². The Hall–Kier alpha value is -0.503. The van der Waals surface area contributed by atoms with Gasteiger partial charge in [-0.05, 0) is 48.3 Å². The molecule has 0 aromatic carbocycles. The highest BCUT2D eigenvalue weighted by molar-refractivity contribution is 6.82. The van der Waals surface area contributed by atoms with Crippen LogP contribution in [0.4, 0.5) is 0 Å². The lowest BCUT2D eigenvalue weighted by atomic mass is 10.4. The van der Waals surface area contributed by atoms with Gasteiger partial charge in [0, 0.05) is 5.69 Å². The van der Waals surface area contributed by atoms with Crippen LogP contribution in [0.2, 0.25) is 16.6 Å². The maximum Gasteiger partial charge on any atom is 0.169 e. The first-order chi connectivity index (χ1) is 7.74. The zero-order valence-electron chi connectivity index (χ0n) is 12.8. The minimum Gasteiger partial charge on any atom is -0.377 e. The number of hydrogen-bond donors (Lipinski definition) is 0. The van der Waals surface area contributed by atoms with Gasteiger partial charge < -0.3 is 4.23 Å². The summed E-state index contributed by atoms with van der Waals surface area (Å²) in [5.41, 5.74) is 5.17. The highest BCUT2D eigenvalue weighted by Gasteiger charge is 2.45. The molecule has 0 N–H and O–H groups in total. The molecule has 0 aliphatic heterocycles. The molecular formula is C15H29NSi. The van der Waals surface area contributed by atoms with Crippen LogP contribution < -0.4 is 0 Å². The second kappa shape index (κ2) is 5.01. The van der Waals surface area contributed by atoms with E-state index in [0.717, 1.165) is 16.6 Å². The van der Waals surface area contributed by atoms with Crippen LogP contribution in [0.15, 0.2) is 12.3 Å². The van der Waals surface area contributed by atoms with Crippen molar-refractivity contribution < 1.29 is 0 Å². The molecule has 0 aliphatic rings. The van der Waals surface area contributed by atoms with Gasteiger partial charge in [0.2, 0.25) is 0 Å². The molecule has 0 atom stereocenters. The molecule has 98 valence electrons. The molecule has 0 bridgehead atoms. The van der Waals surface area contributed by atoms with E-state index in [1.807, 2.05) is 0 Å². The van der Waals surface area contributed by atoms with Crippen molar-refractivity contribution >= 4 is 8.24 Å². The summed E-state index contributed by atoms with van der Waals surface area (Å²) in [5.74, 6) is 0. The summed E-state index contributed by atoms with van der Waals surface area (Å²) >= 11 is 0. The Morgan fingerprint density at radius 3 is 1.53 bits per heavy atom. The number of aromatic nitrogens is 1. The molecule has 0 saturated carbocycles. The number of rotatable bonds is 4. The van der Waals surface area contributed by atoms with Crippen molar-refractivity contribution in [2.24, 2.45) is 0 Å². The molecule has 1 nitrogen and oxygen atoms in total. The van der Waals surface area contributed by atoms with Gasteiger partial charge >= 0.3 is 0 Å². The Balaban J connectivity index is 3.47. The lowest BCUT2D eigenvalue weighted by Gasteiger charge is -2.45. The van der Waals surface area contributed by atoms with Crippen molar-refractivity contribution in [1.29, 1.82) is 0 Å². The highest BCUT2D eigenvalue weighted by atomic mass is 28.3. The third-order valence-electron chi connectivity index (χ3n) is 4.34. The van der Waals surface area contributed by atoms with Crippen molar-refractivity contribution in [1.82, 2.24) is 4.23 Å². The molecule has 2 heteroatoms. The second-order valence-corrected chi connectivity index (χ2v) is 12.1. The molecule has 0 unspecified atom stereocenters. The molecule has 0 amide bonds. The van der Waals surface area contributed by atoms with Crippen molar-refractivity contribution in [3.63, 3.8) is 0 Å². The molecule has 0 saturated heterocycles. The van der Waals surface area contributed by atoms with Gasteiger partial charge in [-0.2, -0.15) is 0 Å². The van der Waals surface area contributed by atoms with Gasteiger partial charge in [-0.15, -0.1) is 0 Å². The molecule has 1 heterocycles. The lowest BCUT2D eigenvalue weighted by molar-refractivity contribution is 0.757. The van der Waals surface area contributed by atoms with Crippen molar-refractivity contribution in [3.8, 4) is 0 Å². The van der Waals surface area contributed by atoms with E-state index < -0.39 is 8.24 Å². The zero-order chi connectivity index (χ0) is 13.4. The second-order valence-electron chi connectivity index (χ2n) is 6.38. The van der Waals surface area contributed by atoms with E-state index in [2.05, 4.69) is 71.9 Å². The average Bonchev–Trinajstić information content (AvgIpc) is 2.44. The maximum atomic E-state index is 2.67. The molecule has 0 fully saturated rings. The number of nitrogens with zero attached hydrogens (tertiary/aromatic N) is 1. The fourth-order valence-corrected chi connectivity index (χ4v) is 10.8. The van der Waals surface area contributed by atoms with Crippen LogP contribution in [0.25, 0.3) is 0 Å². The molecule has 17 heavy (non-hydrogen) atoms. The van der Waals surface area contributed by atoms with Crippen molar-refractivity contribution in [2.45, 2.75) is 72.0 Å². The topological polar surface area (TPSA) is 4.93 Å². The Morgan fingerprint density at radius 2 is 1.29 bits per heavy atom. The SMILES string of the molecule is Cc1cc(C)n([Si](C(C)C)(C(C)C)C(C)C)c1. The standard InChI is InChI=1S/C15H29NSi/c1-11(2)17(12(3)4,13(5)6)16-10-14(7)9-15(16)8/h9-13H,1-8H3. The Morgan fingerprint density at radius 1 is 0.882 bits per heavy atom. The van der Waals surface area contributed by atoms with Crippen LogP contribution in [0, 0.1) is 13.8 Å². The fourth-order valence-electron chi connectivity index (χ4n) is 3.99. The molecule has 1 rings (SSSR count). The van der Waals surface area contributed by atoms with Gasteiger partial charge in [-0.3, -0.25) is 0 Å². The fraction of sp³-hybridized carbons (Fsp3) is 0.733. The van der Waals surface area contributed by atoms with Crippen LogP contribution in [-0.2, 0) is 0 Å². The predicted octanol–water partition coefficient (Wildman–Crippen LogP) is 5.13. The Bertz CT molecular complexity index is 352. The van der Waals surface area contributed by atoms with Crippen LogP contribution in [-0.4, -0.2) is 12.5 Å². The third-order valence-corrected chi connectivity index (χ3v) is 11.2. The van der Waals surface area contributed by atoms with Gasteiger partial charge in [0.1, 0.15) is 0 Å². The summed E-state index contributed by atoms with van der Waals surface area (Å²) < 4.78 is 2.67. The summed E-state index contributed by atoms with van der Waals surface area (Å²) in [6, 6.07) is 2.33. The number of hydrogen-bond acceptors (Lipinski definition) is 0. The van der Waals surface area contributed by atoms with Crippen LogP contribution in [0.3, 0.4) is 0 Å². The van der Waals surface area contributed by atoms with E-state index >= 15 is 0 Å². The van der Waals surface area contributed by atoms with E-state index in [1.165, 1.54) is 11.3 Å². The highest BCUT2D eigenvalue weighted by Crippen LogP contribution is 2.43. The van der Waals surface area contributed by atoms with Gasteiger partial charge in [0.15, 0.2) is 8.24 Å². The first-order valence-corrected chi connectivity index (χ1v) is 9.08. The van der Waals surface area contributed by atoms with Crippen LogP contribution in [0.5, 0.6) is 0 Å². The average molecular weight is 251 g/mol. The van der Waals surface area contributed by atoms with E-state index in [0.29, 0.717) is 0 Å². The summed E-state index contributed by atoms with van der Waals surface area (Å²) in [4.78, 5) is 0. The van der Waals surface area contributed by atoms with Crippen molar-refractivity contribution in [2.75, 3.05) is 0 Å². The molecule has 1 aromatic heterocycles. The predicted molar refractivity (Wildman–Crippen MR) is 80.4 cm³/mol. The van der Waals surface area contributed by atoms with Gasteiger partial charge in [-0.1, -0.05) is 41.5 Å². The Labute approximate surface area is 108 Å². The first-order valence-electron chi connectivity index (χ1n) is 6.90. The van der Waals surface area contributed by atoms with Crippen LogP contribution in [0.1, 0.15) is 52.8 Å². The normalized spacial score (nSPS) is 13.1. The van der Waals surface area contributed by atoms with Gasteiger partial charge in [0.05, 0.1) is 0 Å². The van der Waals surface area contributed by atoms with E-state index in [9.17, 15) is 0 Å². The van der Waals surface area contributed by atoms with E-state index in [-0.39, 0.29) is 0 Å². The molecule has 0 spiro atoms. The monoisotopic (exact) mass is 251 g/mol. The third kappa shape index (κ3) is 2.24. The lowest BCUT2D eigenvalue weighted by Crippen LogP contribution is -2.52. The molecule has 0 aliphatic carbocycles. The molecule has 0 radical (unpaired) electrons. The minimum absolute atomic E-state index is 0.771. The summed E-state index contributed by atoms with van der Waals surface area (Å²) in [7, 11) is -1.51. The van der Waals surface area contributed by atoms with Gasteiger partial charge in [0.25, 0.3) is 0 Å². The summed E-state index contributed by atoms with van der Waals surface area (Å²) in [6.45, 7) is 19.0. The molecular weight excluding hydrogens is 222 g/mol. The zero-order valence-corrected chi connectivity index (χ0v) is 13.8. The smallest absolute Gasteiger partial charge is 0.169 e. The Kier molecular flexibility index (Phi) is 4.29. The van der Waals surface area contributed by atoms with E-state index in [1.54, 1.807) is 0 Å². The van der Waals surface area contributed by atoms with Crippen LogP contribution >= 0.6 is 0 Å². The number of aryl methyl sites for hydroxylation is 2. The largest absolute Gasteiger partial charge is 0.377 e. The molecule has 1 aromatic rings. The van der Waals surface area contributed by atoms with Crippen molar-refractivity contribution in [3.05, 3.63) is 23.5 Å². The minimum atomic E-state index is -1.51.